The number of carbonyl (C=O) groups excluding carboxylic acids is 1. The maximum Gasteiger partial charge on any atom is 0.234 e. The molecule has 1 saturated heterocycles. The molecule has 1 atom stereocenters. The van der Waals surface area contributed by atoms with Crippen molar-refractivity contribution in [1.82, 2.24) is 15.2 Å². The van der Waals surface area contributed by atoms with E-state index in [1.54, 1.807) is 12.3 Å². The molecule has 1 amide bonds. The Morgan fingerprint density at radius 1 is 1.41 bits per heavy atom. The molecule has 6 nitrogen and oxygen atoms in total. The summed E-state index contributed by atoms with van der Waals surface area (Å²) in [5.41, 5.74) is 1.46. The van der Waals surface area contributed by atoms with E-state index in [2.05, 4.69) is 27.0 Å². The lowest BCUT2D eigenvalue weighted by molar-refractivity contribution is -0.122. The lowest BCUT2D eigenvalue weighted by Gasteiger charge is -2.35. The Bertz CT molecular complexity index is 528. The zero-order valence-electron chi connectivity index (χ0n) is 13.2. The van der Waals surface area contributed by atoms with Gasteiger partial charge in [0.05, 0.1) is 18.4 Å². The highest BCUT2D eigenvalue weighted by Gasteiger charge is 2.19. The van der Waals surface area contributed by atoms with Crippen LogP contribution in [0.15, 0.2) is 18.3 Å². The monoisotopic (exact) mass is 301 g/mol. The predicted molar refractivity (Wildman–Crippen MR) is 85.5 cm³/mol. The molecule has 2 rings (SSSR count). The minimum atomic E-state index is 0.0999. The average Bonchev–Trinajstić information content (AvgIpc) is 2.55. The van der Waals surface area contributed by atoms with E-state index < -0.39 is 0 Å². The first-order valence-corrected chi connectivity index (χ1v) is 7.75. The summed E-state index contributed by atoms with van der Waals surface area (Å²) in [4.78, 5) is 20.4. The number of carbonyl (C=O) groups is 1. The normalized spacial score (nSPS) is 16.9. The number of nitriles is 1. The third-order valence-electron chi connectivity index (χ3n) is 3.99. The number of aromatic nitrogens is 1. The van der Waals surface area contributed by atoms with Crippen LogP contribution in [0.4, 0.5) is 5.69 Å². The number of pyridine rings is 1. The predicted octanol–water partition coefficient (Wildman–Crippen LogP) is 0.990. The fourth-order valence-corrected chi connectivity index (χ4v) is 2.43. The summed E-state index contributed by atoms with van der Waals surface area (Å²) < 4.78 is 0. The van der Waals surface area contributed by atoms with Crippen molar-refractivity contribution < 1.29 is 4.79 Å². The Hall–Kier alpha value is -2.13. The largest absolute Gasteiger partial charge is 0.368 e. The molecule has 6 heteroatoms. The Kier molecular flexibility index (Phi) is 5.73. The molecule has 1 aliphatic heterocycles. The van der Waals surface area contributed by atoms with Gasteiger partial charge in [-0.1, -0.05) is 6.92 Å². The van der Waals surface area contributed by atoms with Gasteiger partial charge in [-0.05, 0) is 25.5 Å². The van der Waals surface area contributed by atoms with Crippen molar-refractivity contribution in [2.24, 2.45) is 0 Å². The molecule has 0 bridgehead atoms. The van der Waals surface area contributed by atoms with E-state index in [1.165, 1.54) is 0 Å². The summed E-state index contributed by atoms with van der Waals surface area (Å²) in [6.07, 6.45) is 2.69. The number of nitrogens with zero attached hydrogens (tertiary/aromatic N) is 4. The summed E-state index contributed by atoms with van der Waals surface area (Å²) in [5.74, 6) is 0.0999. The van der Waals surface area contributed by atoms with E-state index in [9.17, 15) is 4.79 Å². The molecule has 0 spiro atoms. The smallest absolute Gasteiger partial charge is 0.234 e. The van der Waals surface area contributed by atoms with Gasteiger partial charge in [0, 0.05) is 32.2 Å². The number of hydrogen-bond acceptors (Lipinski definition) is 5. The van der Waals surface area contributed by atoms with Crippen LogP contribution in [0.25, 0.3) is 0 Å². The average molecular weight is 301 g/mol. The molecule has 0 aromatic carbocycles. The third kappa shape index (κ3) is 4.43. The van der Waals surface area contributed by atoms with Crippen LogP contribution < -0.4 is 10.2 Å². The summed E-state index contributed by atoms with van der Waals surface area (Å²) in [5, 5.41) is 11.8. The minimum absolute atomic E-state index is 0.0999. The quantitative estimate of drug-likeness (QED) is 0.878. The van der Waals surface area contributed by atoms with Gasteiger partial charge in [0.25, 0.3) is 0 Å². The van der Waals surface area contributed by atoms with E-state index in [1.807, 2.05) is 19.1 Å². The molecule has 0 radical (unpaired) electrons. The molecule has 1 aromatic heterocycles. The van der Waals surface area contributed by atoms with E-state index in [0.717, 1.165) is 38.3 Å². The van der Waals surface area contributed by atoms with E-state index >= 15 is 0 Å². The molecular formula is C16H23N5O. The molecule has 1 unspecified atom stereocenters. The van der Waals surface area contributed by atoms with Crippen molar-refractivity contribution >= 4 is 11.6 Å². The van der Waals surface area contributed by atoms with Gasteiger partial charge in [-0.25, -0.2) is 4.98 Å². The van der Waals surface area contributed by atoms with Crippen molar-refractivity contribution in [3.63, 3.8) is 0 Å². The fourth-order valence-electron chi connectivity index (χ4n) is 2.43. The van der Waals surface area contributed by atoms with E-state index in [-0.39, 0.29) is 11.9 Å². The van der Waals surface area contributed by atoms with Gasteiger partial charge in [0.15, 0.2) is 0 Å². The third-order valence-corrected chi connectivity index (χ3v) is 3.99. The first-order chi connectivity index (χ1) is 10.6. The number of rotatable bonds is 5. The van der Waals surface area contributed by atoms with Gasteiger partial charge < -0.3 is 10.2 Å². The number of piperazine rings is 1. The van der Waals surface area contributed by atoms with Crippen LogP contribution in [0.2, 0.25) is 0 Å². The van der Waals surface area contributed by atoms with Crippen molar-refractivity contribution in [3.05, 3.63) is 24.0 Å². The molecule has 0 aliphatic carbocycles. The maximum atomic E-state index is 11.9. The molecule has 0 saturated carbocycles. The summed E-state index contributed by atoms with van der Waals surface area (Å²) >= 11 is 0. The van der Waals surface area contributed by atoms with Crippen molar-refractivity contribution in [2.45, 2.75) is 26.3 Å². The summed E-state index contributed by atoms with van der Waals surface area (Å²) in [6, 6.07) is 5.92. The molecule has 1 N–H and O–H groups in total. The fraction of sp³-hybridized carbons (Fsp3) is 0.562. The first-order valence-electron chi connectivity index (χ1n) is 7.75. The van der Waals surface area contributed by atoms with E-state index in [4.69, 9.17) is 5.26 Å². The topological polar surface area (TPSA) is 72.3 Å². The lowest BCUT2D eigenvalue weighted by atomic mass is 10.2. The number of anilines is 1. The Morgan fingerprint density at radius 2 is 2.14 bits per heavy atom. The standard InChI is InChI=1S/C16H23N5O/c1-3-13(2)19-16(22)12-20-6-8-21(9-7-20)15-5-4-14(10-17)18-11-15/h4-5,11,13H,3,6-9,12H2,1-2H3,(H,19,22). The molecule has 1 aliphatic rings. The van der Waals surface area contributed by atoms with Gasteiger partial charge in [-0.2, -0.15) is 5.26 Å². The number of hydrogen-bond donors (Lipinski definition) is 1. The van der Waals surface area contributed by atoms with Crippen LogP contribution in [0.5, 0.6) is 0 Å². The van der Waals surface area contributed by atoms with Crippen LogP contribution in [0.1, 0.15) is 26.0 Å². The summed E-state index contributed by atoms with van der Waals surface area (Å²) in [6.45, 7) is 7.99. The number of amides is 1. The Morgan fingerprint density at radius 3 is 2.68 bits per heavy atom. The molecule has 1 aromatic rings. The van der Waals surface area contributed by atoms with Crippen LogP contribution >= 0.6 is 0 Å². The molecule has 22 heavy (non-hydrogen) atoms. The van der Waals surface area contributed by atoms with Crippen molar-refractivity contribution in [3.8, 4) is 6.07 Å². The Balaban J connectivity index is 1.80. The molecule has 2 heterocycles. The van der Waals surface area contributed by atoms with Crippen molar-refractivity contribution in [2.75, 3.05) is 37.6 Å². The van der Waals surface area contributed by atoms with Crippen LogP contribution in [0.3, 0.4) is 0 Å². The molecular weight excluding hydrogens is 278 g/mol. The second-order valence-electron chi connectivity index (χ2n) is 5.65. The maximum absolute atomic E-state index is 11.9. The van der Waals surface area contributed by atoms with Crippen LogP contribution in [-0.2, 0) is 4.79 Å². The zero-order valence-corrected chi connectivity index (χ0v) is 13.2. The second-order valence-corrected chi connectivity index (χ2v) is 5.65. The zero-order chi connectivity index (χ0) is 15.9. The van der Waals surface area contributed by atoms with Crippen LogP contribution in [-0.4, -0.2) is 54.6 Å². The van der Waals surface area contributed by atoms with Gasteiger partial charge >= 0.3 is 0 Å². The van der Waals surface area contributed by atoms with Crippen molar-refractivity contribution in [1.29, 1.82) is 5.26 Å². The van der Waals surface area contributed by atoms with Gasteiger partial charge in [0.1, 0.15) is 11.8 Å². The van der Waals surface area contributed by atoms with E-state index in [0.29, 0.717) is 12.2 Å². The first kappa shape index (κ1) is 16.2. The minimum Gasteiger partial charge on any atom is -0.368 e. The summed E-state index contributed by atoms with van der Waals surface area (Å²) in [7, 11) is 0. The SMILES string of the molecule is CCC(C)NC(=O)CN1CCN(c2ccc(C#N)nc2)CC1. The van der Waals surface area contributed by atoms with Crippen LogP contribution in [0, 0.1) is 11.3 Å². The molecule has 118 valence electrons. The highest BCUT2D eigenvalue weighted by atomic mass is 16.2. The Labute approximate surface area is 131 Å². The second kappa shape index (κ2) is 7.76. The van der Waals surface area contributed by atoms with Gasteiger partial charge in [-0.15, -0.1) is 0 Å². The highest BCUT2D eigenvalue weighted by molar-refractivity contribution is 5.78. The van der Waals surface area contributed by atoms with Gasteiger partial charge in [-0.3, -0.25) is 9.69 Å². The van der Waals surface area contributed by atoms with Gasteiger partial charge in [0.2, 0.25) is 5.91 Å². The number of nitrogens with one attached hydrogen (secondary N) is 1. The highest BCUT2D eigenvalue weighted by Crippen LogP contribution is 2.15. The molecule has 1 fully saturated rings. The lowest BCUT2D eigenvalue weighted by Crippen LogP contribution is -2.50.